The SMILES string of the molecule is CCCCC(CC)Nc1ccc(NC(=O)CC)cc1. The third kappa shape index (κ3) is 5.77. The Morgan fingerprint density at radius 2 is 1.74 bits per heavy atom. The van der Waals surface area contributed by atoms with E-state index in [4.69, 9.17) is 0 Å². The fraction of sp³-hybridized carbons (Fsp3) is 0.562. The molecule has 0 aliphatic carbocycles. The molecule has 0 fully saturated rings. The second-order valence-corrected chi connectivity index (χ2v) is 4.87. The minimum atomic E-state index is 0.0510. The Labute approximate surface area is 116 Å². The first-order valence-electron chi connectivity index (χ1n) is 7.36. The van der Waals surface area contributed by atoms with E-state index in [2.05, 4.69) is 24.5 Å². The van der Waals surface area contributed by atoms with Crippen LogP contribution in [0.2, 0.25) is 0 Å². The van der Waals surface area contributed by atoms with Gasteiger partial charge in [-0.1, -0.05) is 33.6 Å². The number of carbonyl (C=O) groups excluding carboxylic acids is 1. The zero-order valence-electron chi connectivity index (χ0n) is 12.3. The molecule has 19 heavy (non-hydrogen) atoms. The van der Waals surface area contributed by atoms with Crippen LogP contribution in [0.5, 0.6) is 0 Å². The molecule has 1 rings (SSSR count). The summed E-state index contributed by atoms with van der Waals surface area (Å²) >= 11 is 0. The molecule has 1 aromatic rings. The Morgan fingerprint density at radius 1 is 1.11 bits per heavy atom. The van der Waals surface area contributed by atoms with Gasteiger partial charge in [0.05, 0.1) is 0 Å². The van der Waals surface area contributed by atoms with Crippen molar-refractivity contribution in [1.29, 1.82) is 0 Å². The summed E-state index contributed by atoms with van der Waals surface area (Å²) in [5.74, 6) is 0.0510. The van der Waals surface area contributed by atoms with Crippen LogP contribution in [0.25, 0.3) is 0 Å². The standard InChI is InChI=1S/C16H26N2O/c1-4-7-8-13(5-2)17-14-9-11-15(12-10-14)18-16(19)6-3/h9-13,17H,4-8H2,1-3H3,(H,18,19). The Kier molecular flexibility index (Phi) is 7.01. The Balaban J connectivity index is 2.53. The molecule has 2 N–H and O–H groups in total. The number of hydrogen-bond acceptors (Lipinski definition) is 2. The molecule has 1 amide bonds. The quantitative estimate of drug-likeness (QED) is 0.728. The number of anilines is 2. The van der Waals surface area contributed by atoms with Gasteiger partial charge in [-0.2, -0.15) is 0 Å². The molecule has 0 radical (unpaired) electrons. The van der Waals surface area contributed by atoms with Gasteiger partial charge >= 0.3 is 0 Å². The van der Waals surface area contributed by atoms with E-state index < -0.39 is 0 Å². The summed E-state index contributed by atoms with van der Waals surface area (Å²) in [5.41, 5.74) is 1.98. The summed E-state index contributed by atoms with van der Waals surface area (Å²) in [5, 5.41) is 6.40. The Morgan fingerprint density at radius 3 is 2.26 bits per heavy atom. The van der Waals surface area contributed by atoms with Crippen LogP contribution < -0.4 is 10.6 Å². The van der Waals surface area contributed by atoms with E-state index in [1.54, 1.807) is 0 Å². The monoisotopic (exact) mass is 262 g/mol. The van der Waals surface area contributed by atoms with Crippen molar-refractivity contribution in [2.75, 3.05) is 10.6 Å². The van der Waals surface area contributed by atoms with Crippen molar-refractivity contribution in [2.45, 2.75) is 58.9 Å². The molecule has 1 aromatic carbocycles. The lowest BCUT2D eigenvalue weighted by Gasteiger charge is -2.18. The molecular formula is C16H26N2O. The third-order valence-corrected chi connectivity index (χ3v) is 3.26. The van der Waals surface area contributed by atoms with E-state index >= 15 is 0 Å². The molecule has 0 saturated carbocycles. The highest BCUT2D eigenvalue weighted by molar-refractivity contribution is 5.90. The first-order valence-corrected chi connectivity index (χ1v) is 7.36. The molecule has 3 heteroatoms. The van der Waals surface area contributed by atoms with E-state index in [9.17, 15) is 4.79 Å². The molecule has 1 unspecified atom stereocenters. The van der Waals surface area contributed by atoms with Gasteiger partial charge in [0.25, 0.3) is 0 Å². The largest absolute Gasteiger partial charge is 0.382 e. The highest BCUT2D eigenvalue weighted by Gasteiger charge is 2.05. The Bertz CT molecular complexity index is 373. The third-order valence-electron chi connectivity index (χ3n) is 3.26. The number of unbranched alkanes of at least 4 members (excludes halogenated alkanes) is 1. The minimum Gasteiger partial charge on any atom is -0.382 e. The van der Waals surface area contributed by atoms with Crippen molar-refractivity contribution in [3.05, 3.63) is 24.3 Å². The van der Waals surface area contributed by atoms with Crippen LogP contribution in [-0.4, -0.2) is 11.9 Å². The van der Waals surface area contributed by atoms with E-state index in [1.807, 2.05) is 31.2 Å². The molecule has 0 saturated heterocycles. The average Bonchev–Trinajstić information content (AvgIpc) is 2.45. The summed E-state index contributed by atoms with van der Waals surface area (Å²) in [7, 11) is 0. The van der Waals surface area contributed by atoms with Crippen molar-refractivity contribution in [3.63, 3.8) is 0 Å². The fourth-order valence-electron chi connectivity index (χ4n) is 1.96. The second kappa shape index (κ2) is 8.57. The van der Waals surface area contributed by atoms with Gasteiger partial charge in [0.1, 0.15) is 0 Å². The zero-order chi connectivity index (χ0) is 14.1. The van der Waals surface area contributed by atoms with Crippen molar-refractivity contribution in [1.82, 2.24) is 0 Å². The molecule has 0 aliphatic heterocycles. The number of hydrogen-bond donors (Lipinski definition) is 2. The summed E-state index contributed by atoms with van der Waals surface area (Å²) in [6.07, 6.45) is 5.35. The topological polar surface area (TPSA) is 41.1 Å². The lowest BCUT2D eigenvalue weighted by atomic mass is 10.1. The summed E-state index contributed by atoms with van der Waals surface area (Å²) in [6.45, 7) is 6.28. The minimum absolute atomic E-state index is 0.0510. The van der Waals surface area contributed by atoms with Gasteiger partial charge < -0.3 is 10.6 Å². The number of amides is 1. The van der Waals surface area contributed by atoms with Crippen LogP contribution in [-0.2, 0) is 4.79 Å². The molecule has 106 valence electrons. The number of benzene rings is 1. The predicted octanol–water partition coefficient (Wildman–Crippen LogP) is 4.42. The average molecular weight is 262 g/mol. The fourth-order valence-corrected chi connectivity index (χ4v) is 1.96. The van der Waals surface area contributed by atoms with Crippen LogP contribution >= 0.6 is 0 Å². The lowest BCUT2D eigenvalue weighted by Crippen LogP contribution is -2.18. The van der Waals surface area contributed by atoms with E-state index in [-0.39, 0.29) is 5.91 Å². The number of rotatable bonds is 8. The normalized spacial score (nSPS) is 11.9. The zero-order valence-corrected chi connectivity index (χ0v) is 12.3. The maximum absolute atomic E-state index is 11.3. The highest BCUT2D eigenvalue weighted by Crippen LogP contribution is 2.17. The van der Waals surface area contributed by atoms with Gasteiger partial charge in [0, 0.05) is 23.8 Å². The van der Waals surface area contributed by atoms with Gasteiger partial charge in [-0.25, -0.2) is 0 Å². The van der Waals surface area contributed by atoms with Crippen LogP contribution in [0, 0.1) is 0 Å². The van der Waals surface area contributed by atoms with Crippen LogP contribution in [0.4, 0.5) is 11.4 Å². The molecule has 3 nitrogen and oxygen atoms in total. The van der Waals surface area contributed by atoms with Crippen molar-refractivity contribution >= 4 is 17.3 Å². The summed E-state index contributed by atoms with van der Waals surface area (Å²) < 4.78 is 0. The van der Waals surface area contributed by atoms with Gasteiger partial charge in [-0.15, -0.1) is 0 Å². The van der Waals surface area contributed by atoms with Crippen LogP contribution in [0.1, 0.15) is 52.9 Å². The highest BCUT2D eigenvalue weighted by atomic mass is 16.1. The van der Waals surface area contributed by atoms with Crippen molar-refractivity contribution in [2.24, 2.45) is 0 Å². The van der Waals surface area contributed by atoms with E-state index in [1.165, 1.54) is 19.3 Å². The molecule has 1 atom stereocenters. The molecular weight excluding hydrogens is 236 g/mol. The van der Waals surface area contributed by atoms with Crippen molar-refractivity contribution < 1.29 is 4.79 Å². The molecule has 0 aromatic heterocycles. The van der Waals surface area contributed by atoms with Crippen LogP contribution in [0.15, 0.2) is 24.3 Å². The molecule has 0 aliphatic rings. The number of nitrogens with one attached hydrogen (secondary N) is 2. The second-order valence-electron chi connectivity index (χ2n) is 4.87. The smallest absolute Gasteiger partial charge is 0.224 e. The predicted molar refractivity (Wildman–Crippen MR) is 82.6 cm³/mol. The molecule has 0 spiro atoms. The summed E-state index contributed by atoms with van der Waals surface area (Å²) in [4.78, 5) is 11.3. The summed E-state index contributed by atoms with van der Waals surface area (Å²) in [6, 6.07) is 8.49. The first-order chi connectivity index (χ1) is 9.19. The Hall–Kier alpha value is -1.51. The maximum Gasteiger partial charge on any atom is 0.224 e. The molecule has 0 heterocycles. The first kappa shape index (κ1) is 15.5. The molecule has 0 bridgehead atoms. The number of carbonyl (C=O) groups is 1. The van der Waals surface area contributed by atoms with Gasteiger partial charge in [-0.3, -0.25) is 4.79 Å². The van der Waals surface area contributed by atoms with Gasteiger partial charge in [-0.05, 0) is 37.1 Å². The van der Waals surface area contributed by atoms with Gasteiger partial charge in [0.15, 0.2) is 0 Å². The maximum atomic E-state index is 11.3. The lowest BCUT2D eigenvalue weighted by molar-refractivity contribution is -0.115. The van der Waals surface area contributed by atoms with E-state index in [0.717, 1.165) is 17.8 Å². The van der Waals surface area contributed by atoms with Crippen molar-refractivity contribution in [3.8, 4) is 0 Å². The van der Waals surface area contributed by atoms with Crippen LogP contribution in [0.3, 0.4) is 0 Å². The van der Waals surface area contributed by atoms with Gasteiger partial charge in [0.2, 0.25) is 5.91 Å². The van der Waals surface area contributed by atoms with E-state index in [0.29, 0.717) is 12.5 Å².